The third-order valence-corrected chi connectivity index (χ3v) is 5.76. The summed E-state index contributed by atoms with van der Waals surface area (Å²) >= 11 is 0. The first-order chi connectivity index (χ1) is 9.73. The third kappa shape index (κ3) is 2.93. The maximum absolute atomic E-state index is 6.78. The third-order valence-electron chi connectivity index (χ3n) is 5.76. The SMILES string of the molecule is CCCCC1CCC(N)(C2CC2c2ccccc2)CC1. The molecule has 0 amide bonds. The number of nitrogens with two attached hydrogens (primary N) is 1. The van der Waals surface area contributed by atoms with Crippen LogP contribution in [0.4, 0.5) is 0 Å². The second kappa shape index (κ2) is 5.89. The standard InChI is InChI=1S/C19H29N/c1-2-3-7-15-10-12-19(20,13-11-15)18-14-17(18)16-8-5-4-6-9-16/h4-6,8-9,15,17-18H,2-3,7,10-14,20H2,1H3. The predicted molar refractivity (Wildman–Crippen MR) is 85.7 cm³/mol. The summed E-state index contributed by atoms with van der Waals surface area (Å²) in [4.78, 5) is 0. The molecule has 0 radical (unpaired) electrons. The van der Waals surface area contributed by atoms with Crippen molar-refractivity contribution in [2.75, 3.05) is 0 Å². The lowest BCUT2D eigenvalue weighted by Crippen LogP contribution is -2.45. The molecule has 0 bridgehead atoms. The molecule has 110 valence electrons. The van der Waals surface area contributed by atoms with Crippen molar-refractivity contribution < 1.29 is 0 Å². The Morgan fingerprint density at radius 1 is 1.15 bits per heavy atom. The molecular formula is C19H29N. The Bertz CT molecular complexity index is 417. The first-order valence-electron chi connectivity index (χ1n) is 8.57. The van der Waals surface area contributed by atoms with Gasteiger partial charge in [0.25, 0.3) is 0 Å². The van der Waals surface area contributed by atoms with Crippen LogP contribution in [0, 0.1) is 11.8 Å². The van der Waals surface area contributed by atoms with Crippen molar-refractivity contribution in [3.63, 3.8) is 0 Å². The first kappa shape index (κ1) is 14.1. The molecule has 3 rings (SSSR count). The van der Waals surface area contributed by atoms with E-state index in [0.717, 1.165) is 17.8 Å². The van der Waals surface area contributed by atoms with E-state index in [1.807, 2.05) is 0 Å². The molecule has 2 N–H and O–H groups in total. The van der Waals surface area contributed by atoms with E-state index >= 15 is 0 Å². The van der Waals surface area contributed by atoms with Crippen LogP contribution >= 0.6 is 0 Å². The molecule has 2 unspecified atom stereocenters. The number of benzene rings is 1. The highest BCUT2D eigenvalue weighted by molar-refractivity contribution is 5.28. The zero-order valence-electron chi connectivity index (χ0n) is 12.9. The minimum absolute atomic E-state index is 0.142. The average molecular weight is 271 g/mol. The van der Waals surface area contributed by atoms with Crippen molar-refractivity contribution in [1.82, 2.24) is 0 Å². The summed E-state index contributed by atoms with van der Waals surface area (Å²) in [7, 11) is 0. The van der Waals surface area contributed by atoms with Crippen LogP contribution in [0.25, 0.3) is 0 Å². The summed E-state index contributed by atoms with van der Waals surface area (Å²) in [5.74, 6) is 2.45. The number of rotatable bonds is 5. The summed E-state index contributed by atoms with van der Waals surface area (Å²) in [6.45, 7) is 2.30. The van der Waals surface area contributed by atoms with Gasteiger partial charge in [0.05, 0.1) is 0 Å². The fraction of sp³-hybridized carbons (Fsp3) is 0.684. The molecule has 2 aliphatic carbocycles. The van der Waals surface area contributed by atoms with Gasteiger partial charge in [-0.3, -0.25) is 0 Å². The normalized spacial score (nSPS) is 36.8. The van der Waals surface area contributed by atoms with Crippen LogP contribution in [0.1, 0.15) is 69.8 Å². The molecule has 20 heavy (non-hydrogen) atoms. The molecule has 0 saturated heterocycles. The Morgan fingerprint density at radius 2 is 1.85 bits per heavy atom. The molecule has 0 spiro atoms. The molecule has 1 aromatic rings. The molecule has 2 saturated carbocycles. The van der Waals surface area contributed by atoms with Gasteiger partial charge in [0.1, 0.15) is 0 Å². The van der Waals surface area contributed by atoms with Gasteiger partial charge in [0.15, 0.2) is 0 Å². The summed E-state index contributed by atoms with van der Waals surface area (Å²) in [5.41, 5.74) is 8.43. The monoisotopic (exact) mass is 271 g/mol. The molecule has 2 aliphatic rings. The van der Waals surface area contributed by atoms with Gasteiger partial charge in [0, 0.05) is 5.54 Å². The van der Waals surface area contributed by atoms with Crippen LogP contribution in [-0.2, 0) is 0 Å². The van der Waals surface area contributed by atoms with Gasteiger partial charge < -0.3 is 5.73 Å². The van der Waals surface area contributed by atoms with Crippen LogP contribution in [0.5, 0.6) is 0 Å². The zero-order valence-corrected chi connectivity index (χ0v) is 12.9. The Balaban J connectivity index is 1.54. The van der Waals surface area contributed by atoms with Crippen LogP contribution in [0.3, 0.4) is 0 Å². The average Bonchev–Trinajstić information content (AvgIpc) is 3.29. The number of hydrogen-bond donors (Lipinski definition) is 1. The quantitative estimate of drug-likeness (QED) is 0.812. The van der Waals surface area contributed by atoms with Gasteiger partial charge in [0.2, 0.25) is 0 Å². The van der Waals surface area contributed by atoms with Gasteiger partial charge >= 0.3 is 0 Å². The van der Waals surface area contributed by atoms with E-state index in [4.69, 9.17) is 5.73 Å². The maximum atomic E-state index is 6.78. The van der Waals surface area contributed by atoms with Gasteiger partial charge in [-0.15, -0.1) is 0 Å². The van der Waals surface area contributed by atoms with E-state index < -0.39 is 0 Å². The topological polar surface area (TPSA) is 26.0 Å². The minimum Gasteiger partial charge on any atom is -0.325 e. The fourth-order valence-corrected chi connectivity index (χ4v) is 4.27. The second-order valence-corrected chi connectivity index (χ2v) is 7.18. The minimum atomic E-state index is 0.142. The van der Waals surface area contributed by atoms with Crippen LogP contribution in [-0.4, -0.2) is 5.54 Å². The highest BCUT2D eigenvalue weighted by Gasteiger charge is 2.51. The van der Waals surface area contributed by atoms with Gasteiger partial charge in [-0.05, 0) is 55.4 Å². The van der Waals surface area contributed by atoms with E-state index in [1.54, 1.807) is 0 Å². The molecule has 1 nitrogen and oxygen atoms in total. The lowest BCUT2D eigenvalue weighted by Gasteiger charge is -2.38. The second-order valence-electron chi connectivity index (χ2n) is 7.18. The molecule has 0 heterocycles. The smallest absolute Gasteiger partial charge is 0.0189 e. The van der Waals surface area contributed by atoms with Crippen molar-refractivity contribution in [1.29, 1.82) is 0 Å². The van der Waals surface area contributed by atoms with E-state index in [9.17, 15) is 0 Å². The maximum Gasteiger partial charge on any atom is 0.0189 e. The van der Waals surface area contributed by atoms with Crippen molar-refractivity contribution in [3.8, 4) is 0 Å². The molecular weight excluding hydrogens is 242 g/mol. The lowest BCUT2D eigenvalue weighted by molar-refractivity contribution is 0.197. The van der Waals surface area contributed by atoms with E-state index in [-0.39, 0.29) is 5.54 Å². The zero-order chi connectivity index (χ0) is 14.0. The molecule has 2 atom stereocenters. The van der Waals surface area contributed by atoms with Gasteiger partial charge in [-0.2, -0.15) is 0 Å². The Hall–Kier alpha value is -0.820. The fourth-order valence-electron chi connectivity index (χ4n) is 4.27. The molecule has 1 aromatic carbocycles. The first-order valence-corrected chi connectivity index (χ1v) is 8.57. The Labute approximate surface area is 124 Å². The summed E-state index contributed by atoms with van der Waals surface area (Å²) in [5, 5.41) is 0. The Morgan fingerprint density at radius 3 is 2.50 bits per heavy atom. The summed E-state index contributed by atoms with van der Waals surface area (Å²) < 4.78 is 0. The highest BCUT2D eigenvalue weighted by atomic mass is 14.8. The number of hydrogen-bond acceptors (Lipinski definition) is 1. The van der Waals surface area contributed by atoms with Crippen molar-refractivity contribution >= 4 is 0 Å². The van der Waals surface area contributed by atoms with Crippen LogP contribution in [0.2, 0.25) is 0 Å². The van der Waals surface area contributed by atoms with Gasteiger partial charge in [-0.1, -0.05) is 56.5 Å². The molecule has 2 fully saturated rings. The summed E-state index contributed by atoms with van der Waals surface area (Å²) in [6, 6.07) is 11.0. The molecule has 0 aromatic heterocycles. The van der Waals surface area contributed by atoms with Crippen LogP contribution in [0.15, 0.2) is 30.3 Å². The van der Waals surface area contributed by atoms with E-state index in [2.05, 4.69) is 37.3 Å². The van der Waals surface area contributed by atoms with Crippen molar-refractivity contribution in [3.05, 3.63) is 35.9 Å². The van der Waals surface area contributed by atoms with E-state index in [0.29, 0.717) is 0 Å². The summed E-state index contributed by atoms with van der Waals surface area (Å²) in [6.07, 6.45) is 10.7. The molecule has 1 heteroatoms. The highest BCUT2D eigenvalue weighted by Crippen LogP contribution is 2.56. The largest absolute Gasteiger partial charge is 0.325 e. The lowest BCUT2D eigenvalue weighted by atomic mass is 9.72. The predicted octanol–water partition coefficient (Wildman–Crippen LogP) is 4.87. The van der Waals surface area contributed by atoms with Crippen molar-refractivity contribution in [2.45, 2.75) is 69.7 Å². The van der Waals surface area contributed by atoms with Crippen molar-refractivity contribution in [2.24, 2.45) is 17.6 Å². The van der Waals surface area contributed by atoms with Gasteiger partial charge in [-0.25, -0.2) is 0 Å². The molecule has 0 aliphatic heterocycles. The van der Waals surface area contributed by atoms with E-state index in [1.165, 1.54) is 56.9 Å². The number of unbranched alkanes of at least 4 members (excludes halogenated alkanes) is 1. The Kier molecular flexibility index (Phi) is 4.16. The van der Waals surface area contributed by atoms with Crippen LogP contribution < -0.4 is 5.73 Å².